The largest absolute Gasteiger partial charge is 0.367 e. The van der Waals surface area contributed by atoms with Crippen molar-refractivity contribution in [2.45, 2.75) is 13.8 Å². The van der Waals surface area contributed by atoms with Crippen molar-refractivity contribution in [2.75, 3.05) is 32.0 Å². The zero-order valence-corrected chi connectivity index (χ0v) is 11.3. The lowest BCUT2D eigenvalue weighted by Crippen LogP contribution is -2.24. The molecule has 0 aromatic carbocycles. The molecule has 5 heteroatoms. The van der Waals surface area contributed by atoms with Crippen molar-refractivity contribution in [1.29, 1.82) is 0 Å². The second-order valence-electron chi connectivity index (χ2n) is 4.14. The van der Waals surface area contributed by atoms with Crippen LogP contribution in [0, 0.1) is 6.92 Å². The average molecular weight is 250 g/mol. The molecule has 0 atom stereocenters. The molecule has 0 saturated carbocycles. The van der Waals surface area contributed by atoms with Gasteiger partial charge in [0.25, 0.3) is 0 Å². The summed E-state index contributed by atoms with van der Waals surface area (Å²) in [7, 11) is 2.12. The molecule has 2 rings (SSSR count). The van der Waals surface area contributed by atoms with Gasteiger partial charge >= 0.3 is 0 Å². The molecule has 0 radical (unpaired) electrons. The Morgan fingerprint density at radius 3 is 3.00 bits per heavy atom. The Kier molecular flexibility index (Phi) is 3.91. The van der Waals surface area contributed by atoms with Crippen LogP contribution in [0.1, 0.15) is 12.5 Å². The summed E-state index contributed by atoms with van der Waals surface area (Å²) in [5.74, 6) is 0.956. The Morgan fingerprint density at radius 1 is 1.41 bits per heavy atom. The number of nitrogens with one attached hydrogen (secondary N) is 1. The van der Waals surface area contributed by atoms with E-state index in [1.165, 1.54) is 5.56 Å². The minimum Gasteiger partial charge on any atom is -0.367 e. The summed E-state index contributed by atoms with van der Waals surface area (Å²) in [5.41, 5.74) is 2.29. The fourth-order valence-corrected chi connectivity index (χ4v) is 2.59. The van der Waals surface area contributed by atoms with Gasteiger partial charge in [-0.2, -0.15) is 0 Å². The third kappa shape index (κ3) is 2.73. The number of thiophene rings is 1. The second kappa shape index (κ2) is 5.42. The molecule has 0 fully saturated rings. The zero-order chi connectivity index (χ0) is 12.3. The fourth-order valence-electron chi connectivity index (χ4n) is 1.62. The number of nitrogens with zero attached hydrogens (tertiary/aromatic N) is 3. The fraction of sp³-hybridized carbons (Fsp3) is 0.500. The molecule has 0 bridgehead atoms. The van der Waals surface area contributed by atoms with E-state index in [-0.39, 0.29) is 0 Å². The molecule has 2 aromatic rings. The van der Waals surface area contributed by atoms with Gasteiger partial charge in [0.2, 0.25) is 0 Å². The van der Waals surface area contributed by atoms with Crippen LogP contribution in [0.4, 0.5) is 5.82 Å². The number of fused-ring (bicyclic) bond motifs is 1. The van der Waals surface area contributed by atoms with E-state index >= 15 is 0 Å². The van der Waals surface area contributed by atoms with E-state index in [4.69, 9.17) is 0 Å². The van der Waals surface area contributed by atoms with Gasteiger partial charge in [-0.3, -0.25) is 0 Å². The average Bonchev–Trinajstić information content (AvgIpc) is 2.72. The van der Waals surface area contributed by atoms with E-state index < -0.39 is 0 Å². The monoisotopic (exact) mass is 250 g/mol. The van der Waals surface area contributed by atoms with Crippen LogP contribution in [0.25, 0.3) is 10.2 Å². The Hall–Kier alpha value is -1.20. The highest BCUT2D eigenvalue weighted by Gasteiger charge is 2.07. The first kappa shape index (κ1) is 12.3. The maximum atomic E-state index is 4.31. The lowest BCUT2D eigenvalue weighted by Gasteiger charge is -2.14. The summed E-state index contributed by atoms with van der Waals surface area (Å²) >= 11 is 1.70. The number of hydrogen-bond donors (Lipinski definition) is 1. The molecule has 0 spiro atoms. The van der Waals surface area contributed by atoms with Gasteiger partial charge in [0.15, 0.2) is 0 Å². The van der Waals surface area contributed by atoms with Crippen molar-refractivity contribution in [3.63, 3.8) is 0 Å². The number of aromatic nitrogens is 2. The summed E-state index contributed by atoms with van der Waals surface area (Å²) in [4.78, 5) is 10.9. The lowest BCUT2D eigenvalue weighted by molar-refractivity contribution is 0.367. The maximum absolute atomic E-state index is 4.31. The Labute approximate surface area is 106 Å². The van der Waals surface area contributed by atoms with Crippen LogP contribution < -0.4 is 5.32 Å². The van der Waals surface area contributed by atoms with Gasteiger partial charge in [-0.1, -0.05) is 6.92 Å². The quantitative estimate of drug-likeness (QED) is 0.884. The van der Waals surface area contributed by atoms with Crippen LogP contribution in [0.15, 0.2) is 11.7 Å². The molecule has 0 unspecified atom stereocenters. The van der Waals surface area contributed by atoms with E-state index in [1.54, 1.807) is 17.7 Å². The molecule has 0 aliphatic heterocycles. The third-order valence-electron chi connectivity index (χ3n) is 2.86. The predicted octanol–water partition coefficient (Wildman–Crippen LogP) is 2.36. The van der Waals surface area contributed by atoms with Crippen molar-refractivity contribution in [3.05, 3.63) is 17.3 Å². The van der Waals surface area contributed by atoms with E-state index in [9.17, 15) is 0 Å². The zero-order valence-electron chi connectivity index (χ0n) is 10.5. The highest BCUT2D eigenvalue weighted by Crippen LogP contribution is 2.28. The van der Waals surface area contributed by atoms with E-state index in [0.717, 1.165) is 35.7 Å². The molecule has 0 saturated heterocycles. The summed E-state index contributed by atoms with van der Waals surface area (Å²) in [6, 6.07) is 0. The first-order valence-electron chi connectivity index (χ1n) is 5.83. The van der Waals surface area contributed by atoms with E-state index in [0.29, 0.717) is 0 Å². The molecule has 4 nitrogen and oxygen atoms in total. The van der Waals surface area contributed by atoms with Gasteiger partial charge in [-0.05, 0) is 31.5 Å². The van der Waals surface area contributed by atoms with Crippen LogP contribution in [0.3, 0.4) is 0 Å². The van der Waals surface area contributed by atoms with Crippen molar-refractivity contribution in [2.24, 2.45) is 0 Å². The molecule has 1 N–H and O–H groups in total. The van der Waals surface area contributed by atoms with Crippen LogP contribution in [0.2, 0.25) is 0 Å². The molecule has 92 valence electrons. The third-order valence-corrected chi connectivity index (χ3v) is 3.95. The van der Waals surface area contributed by atoms with Crippen molar-refractivity contribution in [3.8, 4) is 0 Å². The molecule has 0 aliphatic carbocycles. The standard InChI is InChI=1S/C12H18N4S/c1-4-16(3)6-5-13-12-11-10(14-8-15-12)9(2)7-17-11/h7-8H,4-6H2,1-3H3,(H,13,14,15). The first-order valence-corrected chi connectivity index (χ1v) is 6.71. The Balaban J connectivity index is 2.08. The van der Waals surface area contributed by atoms with Gasteiger partial charge in [-0.15, -0.1) is 11.3 Å². The molecule has 2 aromatic heterocycles. The maximum Gasteiger partial charge on any atom is 0.147 e. The van der Waals surface area contributed by atoms with Crippen LogP contribution >= 0.6 is 11.3 Å². The predicted molar refractivity (Wildman–Crippen MR) is 73.8 cm³/mol. The van der Waals surface area contributed by atoms with Crippen molar-refractivity contribution < 1.29 is 0 Å². The SMILES string of the molecule is CCN(C)CCNc1ncnc2c(C)csc12. The molecule has 0 aliphatic rings. The number of rotatable bonds is 5. The van der Waals surface area contributed by atoms with Gasteiger partial charge in [-0.25, -0.2) is 9.97 Å². The Bertz CT molecular complexity index is 494. The molecular formula is C12H18N4S. The van der Waals surface area contributed by atoms with Gasteiger partial charge in [0, 0.05) is 13.1 Å². The van der Waals surface area contributed by atoms with Gasteiger partial charge < -0.3 is 10.2 Å². The first-order chi connectivity index (χ1) is 8.22. The smallest absolute Gasteiger partial charge is 0.147 e. The Morgan fingerprint density at radius 2 is 2.24 bits per heavy atom. The van der Waals surface area contributed by atoms with Crippen LogP contribution in [0.5, 0.6) is 0 Å². The number of hydrogen-bond acceptors (Lipinski definition) is 5. The van der Waals surface area contributed by atoms with E-state index in [2.05, 4.69) is 46.5 Å². The van der Waals surface area contributed by atoms with Gasteiger partial charge in [0.05, 0.1) is 10.2 Å². The van der Waals surface area contributed by atoms with Gasteiger partial charge in [0.1, 0.15) is 12.1 Å². The topological polar surface area (TPSA) is 41.0 Å². The summed E-state index contributed by atoms with van der Waals surface area (Å²) < 4.78 is 1.16. The second-order valence-corrected chi connectivity index (χ2v) is 5.02. The highest BCUT2D eigenvalue weighted by molar-refractivity contribution is 7.18. The number of aryl methyl sites for hydroxylation is 1. The molecular weight excluding hydrogens is 232 g/mol. The minimum absolute atomic E-state index is 0.910. The summed E-state index contributed by atoms with van der Waals surface area (Å²) in [5, 5.41) is 5.51. The van der Waals surface area contributed by atoms with Crippen LogP contribution in [-0.2, 0) is 0 Å². The molecule has 17 heavy (non-hydrogen) atoms. The number of likely N-dealkylation sites (N-methyl/N-ethyl adjacent to an activating group) is 1. The summed E-state index contributed by atoms with van der Waals surface area (Å²) in [6.45, 7) is 7.24. The molecule has 0 amide bonds. The normalized spacial score (nSPS) is 11.3. The van der Waals surface area contributed by atoms with E-state index in [1.807, 2.05) is 0 Å². The summed E-state index contributed by atoms with van der Waals surface area (Å²) in [6.07, 6.45) is 1.63. The highest BCUT2D eigenvalue weighted by atomic mass is 32.1. The molecule has 2 heterocycles. The van der Waals surface area contributed by atoms with Crippen LogP contribution in [-0.4, -0.2) is 41.5 Å². The van der Waals surface area contributed by atoms with Crippen molar-refractivity contribution >= 4 is 27.4 Å². The minimum atomic E-state index is 0.910. The number of anilines is 1. The lowest BCUT2D eigenvalue weighted by atomic mass is 10.3. The van der Waals surface area contributed by atoms with Crippen molar-refractivity contribution in [1.82, 2.24) is 14.9 Å².